The van der Waals surface area contributed by atoms with Gasteiger partial charge in [0.2, 0.25) is 5.88 Å². The Labute approximate surface area is 246 Å². The predicted molar refractivity (Wildman–Crippen MR) is 161 cm³/mol. The predicted octanol–water partition coefficient (Wildman–Crippen LogP) is 3.78. The summed E-state index contributed by atoms with van der Waals surface area (Å²) in [7, 11) is 0. The van der Waals surface area contributed by atoms with E-state index in [-0.39, 0.29) is 24.3 Å². The van der Waals surface area contributed by atoms with Crippen molar-refractivity contribution < 1.29 is 14.6 Å². The fourth-order valence-corrected chi connectivity index (χ4v) is 6.71. The van der Waals surface area contributed by atoms with Crippen LogP contribution in [0.3, 0.4) is 0 Å². The highest BCUT2D eigenvalue weighted by molar-refractivity contribution is 5.85. The van der Waals surface area contributed by atoms with Crippen LogP contribution in [0.2, 0.25) is 0 Å². The van der Waals surface area contributed by atoms with Gasteiger partial charge in [-0.3, -0.25) is 0 Å². The van der Waals surface area contributed by atoms with Gasteiger partial charge in [-0.2, -0.15) is 0 Å². The maximum atomic E-state index is 10.3. The Bertz CT molecular complexity index is 1340. The van der Waals surface area contributed by atoms with Crippen LogP contribution >= 0.6 is 12.4 Å². The van der Waals surface area contributed by atoms with Gasteiger partial charge in [-0.15, -0.1) is 22.6 Å². The molecule has 0 radical (unpaired) electrons. The number of benzene rings is 1. The van der Waals surface area contributed by atoms with Crippen molar-refractivity contribution in [2.24, 2.45) is 0 Å². The molecule has 3 aromatic rings. The van der Waals surface area contributed by atoms with Crippen LogP contribution in [0.25, 0.3) is 11.3 Å². The summed E-state index contributed by atoms with van der Waals surface area (Å²) in [5.41, 5.74) is 9.61. The van der Waals surface area contributed by atoms with E-state index in [1.165, 1.54) is 0 Å². The number of aromatic hydroxyl groups is 1. The second kappa shape index (κ2) is 11.9. The number of phenols is 1. The maximum Gasteiger partial charge on any atom is 0.215 e. The SMILES string of the molecule is Cl.Nc1nnc(-c2ccccc2O)cc1N1CC2CCC(C1)N2c1ccnc(O[C@H]2C[C@H](OC3CCNCC3)C2)c1. The molecule has 7 rings (SSSR count). The number of nitrogens with one attached hydrogen (secondary N) is 1. The monoisotopic (exact) mass is 579 g/mol. The molecule has 10 nitrogen and oxygen atoms in total. The summed E-state index contributed by atoms with van der Waals surface area (Å²) < 4.78 is 12.5. The molecule has 3 saturated heterocycles. The molecule has 0 amide bonds. The summed E-state index contributed by atoms with van der Waals surface area (Å²) in [6.07, 6.45) is 9.02. The van der Waals surface area contributed by atoms with Crippen molar-refractivity contribution in [1.29, 1.82) is 0 Å². The number of piperazine rings is 1. The Balaban J connectivity index is 0.00000302. The lowest BCUT2D eigenvalue weighted by Crippen LogP contribution is -2.54. The number of halogens is 1. The number of hydrogen-bond acceptors (Lipinski definition) is 10. The van der Waals surface area contributed by atoms with Crippen LogP contribution in [0, 0.1) is 0 Å². The Morgan fingerprint density at radius 1 is 0.902 bits per heavy atom. The van der Waals surface area contributed by atoms with E-state index in [9.17, 15) is 5.11 Å². The zero-order valence-corrected chi connectivity index (χ0v) is 23.9. The van der Waals surface area contributed by atoms with Crippen LogP contribution in [0.1, 0.15) is 38.5 Å². The van der Waals surface area contributed by atoms with Gasteiger partial charge < -0.3 is 35.4 Å². The third-order valence-electron chi connectivity index (χ3n) is 8.83. The van der Waals surface area contributed by atoms with Crippen molar-refractivity contribution in [2.75, 3.05) is 41.7 Å². The van der Waals surface area contributed by atoms with Crippen molar-refractivity contribution in [3.05, 3.63) is 48.7 Å². The number of rotatable bonds is 7. The van der Waals surface area contributed by atoms with Gasteiger partial charge in [0, 0.05) is 61.5 Å². The van der Waals surface area contributed by atoms with E-state index in [1.807, 2.05) is 24.4 Å². The van der Waals surface area contributed by atoms with Gasteiger partial charge in [0.05, 0.1) is 23.6 Å². The zero-order chi connectivity index (χ0) is 27.1. The topological polar surface area (TPSA) is 122 Å². The number of para-hydroxylation sites is 1. The number of piperidine rings is 1. The lowest BCUT2D eigenvalue weighted by Gasteiger charge is -2.43. The molecule has 3 aliphatic heterocycles. The number of anilines is 3. The molecule has 11 heteroatoms. The zero-order valence-electron chi connectivity index (χ0n) is 23.1. The van der Waals surface area contributed by atoms with Crippen LogP contribution in [0.15, 0.2) is 48.7 Å². The van der Waals surface area contributed by atoms with E-state index in [1.54, 1.807) is 12.1 Å². The van der Waals surface area contributed by atoms with Crippen molar-refractivity contribution in [3.8, 4) is 22.9 Å². The molecule has 41 heavy (non-hydrogen) atoms. The Hall–Kier alpha value is -3.34. The second-order valence-electron chi connectivity index (χ2n) is 11.5. The average molecular weight is 580 g/mol. The molecule has 0 spiro atoms. The van der Waals surface area contributed by atoms with Crippen LogP contribution in [0.4, 0.5) is 17.2 Å². The standard InChI is InChI=1S/C30H37N7O3.ClH/c31-30-27(16-26(34-35-30)25-3-1-2-4-28(25)38)36-17-20-5-6-21(18-36)37(20)19-7-12-33-29(13-19)40-24-14-23(15-24)39-22-8-10-32-11-9-22;/h1-4,7,12-13,16,20-24,32,38H,5-6,8-11,14-15,17-18H2,(H2,31,35);1H/t20?,21?,23-,24-;. The van der Waals surface area contributed by atoms with Crippen molar-refractivity contribution in [3.63, 3.8) is 0 Å². The fourth-order valence-electron chi connectivity index (χ4n) is 6.71. The van der Waals surface area contributed by atoms with E-state index >= 15 is 0 Å². The minimum absolute atomic E-state index is 0. The first-order valence-electron chi connectivity index (χ1n) is 14.5. The van der Waals surface area contributed by atoms with Gasteiger partial charge in [-0.25, -0.2) is 4.98 Å². The molecule has 2 unspecified atom stereocenters. The normalized spacial score (nSPS) is 25.9. The molecule has 2 aromatic heterocycles. The van der Waals surface area contributed by atoms with E-state index < -0.39 is 0 Å². The van der Waals surface area contributed by atoms with Gasteiger partial charge in [0.1, 0.15) is 11.9 Å². The van der Waals surface area contributed by atoms with Gasteiger partial charge >= 0.3 is 0 Å². The highest BCUT2D eigenvalue weighted by Crippen LogP contribution is 2.40. The summed E-state index contributed by atoms with van der Waals surface area (Å²) >= 11 is 0. The molecule has 218 valence electrons. The average Bonchev–Trinajstić information content (AvgIpc) is 3.22. The summed E-state index contributed by atoms with van der Waals surface area (Å²) in [5, 5.41) is 22.2. The minimum Gasteiger partial charge on any atom is -0.507 e. The Kier molecular flexibility index (Phi) is 8.05. The van der Waals surface area contributed by atoms with Gasteiger partial charge in [0.25, 0.3) is 0 Å². The molecule has 4 fully saturated rings. The quantitative estimate of drug-likeness (QED) is 0.381. The first kappa shape index (κ1) is 27.8. The third-order valence-corrected chi connectivity index (χ3v) is 8.83. The van der Waals surface area contributed by atoms with Crippen LogP contribution in [-0.2, 0) is 4.74 Å². The van der Waals surface area contributed by atoms with E-state index in [4.69, 9.17) is 15.2 Å². The van der Waals surface area contributed by atoms with Gasteiger partial charge in [0.15, 0.2) is 5.82 Å². The number of nitrogens with two attached hydrogens (primary N) is 1. The molecule has 4 N–H and O–H groups in total. The number of nitrogens with zero attached hydrogens (tertiary/aromatic N) is 5. The molecule has 2 bridgehead atoms. The van der Waals surface area contributed by atoms with E-state index in [0.29, 0.717) is 47.2 Å². The van der Waals surface area contributed by atoms with Crippen LogP contribution < -0.4 is 25.6 Å². The number of ether oxygens (including phenoxy) is 2. The van der Waals surface area contributed by atoms with Crippen molar-refractivity contribution in [2.45, 2.75) is 68.9 Å². The first-order chi connectivity index (χ1) is 19.6. The molecule has 4 aliphatic rings. The van der Waals surface area contributed by atoms with E-state index in [0.717, 1.165) is 76.1 Å². The Morgan fingerprint density at radius 2 is 1.66 bits per heavy atom. The lowest BCUT2D eigenvalue weighted by molar-refractivity contribution is -0.103. The first-order valence-corrected chi connectivity index (χ1v) is 14.5. The molecule has 1 aromatic carbocycles. The highest BCUT2D eigenvalue weighted by atomic mass is 35.5. The Morgan fingerprint density at radius 3 is 2.41 bits per heavy atom. The highest BCUT2D eigenvalue weighted by Gasteiger charge is 2.41. The van der Waals surface area contributed by atoms with Crippen LogP contribution in [-0.4, -0.2) is 76.9 Å². The molecule has 1 aliphatic carbocycles. The minimum atomic E-state index is 0. The van der Waals surface area contributed by atoms with Crippen molar-refractivity contribution in [1.82, 2.24) is 20.5 Å². The molecule has 5 heterocycles. The number of pyridine rings is 1. The molecular weight excluding hydrogens is 542 g/mol. The second-order valence-corrected chi connectivity index (χ2v) is 11.5. The molecule has 2 atom stereocenters. The lowest BCUT2D eigenvalue weighted by atomic mass is 9.91. The summed E-state index contributed by atoms with van der Waals surface area (Å²) in [6, 6.07) is 14.0. The van der Waals surface area contributed by atoms with Gasteiger partial charge in [-0.1, -0.05) is 12.1 Å². The van der Waals surface area contributed by atoms with Gasteiger partial charge in [-0.05, 0) is 63.0 Å². The van der Waals surface area contributed by atoms with E-state index in [2.05, 4.69) is 42.4 Å². The largest absolute Gasteiger partial charge is 0.507 e. The molecular formula is C30H38ClN7O3. The van der Waals surface area contributed by atoms with Crippen molar-refractivity contribution >= 4 is 29.6 Å². The number of fused-ring (bicyclic) bond motifs is 2. The number of aromatic nitrogens is 3. The summed E-state index contributed by atoms with van der Waals surface area (Å²) in [6.45, 7) is 3.78. The number of hydrogen-bond donors (Lipinski definition) is 3. The smallest absolute Gasteiger partial charge is 0.215 e. The maximum absolute atomic E-state index is 10.3. The summed E-state index contributed by atoms with van der Waals surface area (Å²) in [4.78, 5) is 9.38. The molecule has 1 saturated carbocycles. The summed E-state index contributed by atoms with van der Waals surface area (Å²) in [5.74, 6) is 1.29. The number of nitrogen functional groups attached to an aromatic ring is 1. The number of phenolic OH excluding ortho intramolecular Hbond substituents is 1. The third kappa shape index (κ3) is 5.73. The fraction of sp³-hybridized carbons (Fsp3) is 0.500. The van der Waals surface area contributed by atoms with Crippen LogP contribution in [0.5, 0.6) is 11.6 Å².